The molecule has 0 spiro atoms. The number of carbonyl (C=O) groups is 4. The first kappa shape index (κ1) is 52.6. The number of nitrogens with one attached hydrogen (secondary N) is 2. The number of carboxylic acid groups (broad SMARTS) is 2. The SMILES string of the molecule is CC(C)Nc1ncc(-c2cc(N)cc(C(F)(F)F)c2)n(CC(=O)NCc2ccc3c(N)noc3c2F)c1=O.Cc1ccc(C(N)=O)c(F)c1F.O=C(O)C(F)(F)F.O=C(O)C(F)(F)F. The van der Waals surface area contributed by atoms with E-state index in [1.54, 1.807) is 13.8 Å². The van der Waals surface area contributed by atoms with Crippen LogP contribution in [-0.2, 0) is 33.6 Å². The molecule has 28 heteroatoms. The highest BCUT2D eigenvalue weighted by Crippen LogP contribution is 2.34. The Kier molecular flexibility index (Phi) is 17.3. The molecule has 0 bridgehead atoms. The first-order valence-electron chi connectivity index (χ1n) is 17.1. The normalized spacial score (nSPS) is 11.3. The van der Waals surface area contributed by atoms with Crippen LogP contribution < -0.4 is 33.4 Å². The number of carbonyl (C=O) groups excluding carboxylic acids is 2. The van der Waals surface area contributed by atoms with Crippen LogP contribution in [0.4, 0.5) is 70.0 Å². The molecular formula is C36H32F12N8O8. The largest absolute Gasteiger partial charge is 0.490 e. The molecule has 0 atom stereocenters. The smallest absolute Gasteiger partial charge is 0.475 e. The fraction of sp³-hybridized carbons (Fsp3) is 0.250. The third kappa shape index (κ3) is 14.5. The molecule has 0 aliphatic carbocycles. The molecule has 16 nitrogen and oxygen atoms in total. The molecule has 5 rings (SSSR count). The minimum Gasteiger partial charge on any atom is -0.475 e. The summed E-state index contributed by atoms with van der Waals surface area (Å²) in [6, 6.07) is 7.96. The molecule has 2 heterocycles. The van der Waals surface area contributed by atoms with Crippen molar-refractivity contribution < 1.29 is 86.6 Å². The van der Waals surface area contributed by atoms with Crippen LogP contribution in [0.3, 0.4) is 0 Å². The lowest BCUT2D eigenvalue weighted by molar-refractivity contribution is -0.193. The topological polar surface area (TPSA) is 272 Å². The zero-order chi connectivity index (χ0) is 49.2. The number of anilines is 3. The van der Waals surface area contributed by atoms with E-state index in [0.717, 1.165) is 22.8 Å². The van der Waals surface area contributed by atoms with Crippen molar-refractivity contribution in [3.63, 3.8) is 0 Å². The molecule has 2 amide bonds. The Morgan fingerprint density at radius 2 is 1.41 bits per heavy atom. The molecule has 0 saturated heterocycles. The summed E-state index contributed by atoms with van der Waals surface area (Å²) in [5.41, 5.74) is 13.6. The number of fused-ring (bicyclic) bond motifs is 1. The van der Waals surface area contributed by atoms with Crippen LogP contribution >= 0.6 is 0 Å². The van der Waals surface area contributed by atoms with Crippen molar-refractivity contribution in [1.82, 2.24) is 20.0 Å². The van der Waals surface area contributed by atoms with Gasteiger partial charge in [-0.25, -0.2) is 27.7 Å². The second-order valence-corrected chi connectivity index (χ2v) is 12.8. The number of rotatable bonds is 8. The minimum atomic E-state index is -5.08. The highest BCUT2D eigenvalue weighted by atomic mass is 19.4. The van der Waals surface area contributed by atoms with E-state index in [0.29, 0.717) is 0 Å². The molecule has 348 valence electrons. The predicted molar refractivity (Wildman–Crippen MR) is 199 cm³/mol. The summed E-state index contributed by atoms with van der Waals surface area (Å²) in [5, 5.41) is 23.4. The Balaban J connectivity index is 0.000000437. The maximum absolute atomic E-state index is 14.7. The second kappa shape index (κ2) is 21.0. The molecule has 0 aliphatic rings. The molecule has 0 fully saturated rings. The van der Waals surface area contributed by atoms with Gasteiger partial charge in [-0.15, -0.1) is 0 Å². The number of carboxylic acids is 2. The number of nitrogen functional groups attached to an aromatic ring is 2. The van der Waals surface area contributed by atoms with E-state index in [-0.39, 0.29) is 63.3 Å². The number of amides is 2. The van der Waals surface area contributed by atoms with Gasteiger partial charge in [0, 0.05) is 29.4 Å². The van der Waals surface area contributed by atoms with Gasteiger partial charge in [-0.2, -0.15) is 39.5 Å². The molecule has 5 aromatic rings. The monoisotopic (exact) mass is 932 g/mol. The van der Waals surface area contributed by atoms with Crippen LogP contribution in [0.25, 0.3) is 22.2 Å². The van der Waals surface area contributed by atoms with Crippen LogP contribution in [0.5, 0.6) is 0 Å². The van der Waals surface area contributed by atoms with Crippen molar-refractivity contribution >= 4 is 52.0 Å². The number of hydrogen-bond acceptors (Lipinski definition) is 11. The summed E-state index contributed by atoms with van der Waals surface area (Å²) in [4.78, 5) is 58.4. The summed E-state index contributed by atoms with van der Waals surface area (Å²) >= 11 is 0. The number of halogens is 12. The average molecular weight is 933 g/mol. The van der Waals surface area contributed by atoms with Gasteiger partial charge in [0.05, 0.1) is 28.4 Å². The minimum absolute atomic E-state index is 0.0140. The van der Waals surface area contributed by atoms with Crippen molar-refractivity contribution in [2.45, 2.75) is 58.4 Å². The van der Waals surface area contributed by atoms with Gasteiger partial charge in [-0.1, -0.05) is 17.3 Å². The van der Waals surface area contributed by atoms with Gasteiger partial charge in [0.25, 0.3) is 11.5 Å². The van der Waals surface area contributed by atoms with Gasteiger partial charge in [0.2, 0.25) is 11.5 Å². The third-order valence-electron chi connectivity index (χ3n) is 7.55. The van der Waals surface area contributed by atoms with Crippen LogP contribution in [0.1, 0.15) is 40.9 Å². The Labute approximate surface area is 349 Å². The predicted octanol–water partition coefficient (Wildman–Crippen LogP) is 6.15. The van der Waals surface area contributed by atoms with Crippen molar-refractivity contribution in [2.75, 3.05) is 16.8 Å². The average Bonchev–Trinajstić information content (AvgIpc) is 3.55. The quantitative estimate of drug-likeness (QED) is 0.0681. The molecule has 0 aliphatic heterocycles. The Morgan fingerprint density at radius 3 is 1.91 bits per heavy atom. The Bertz CT molecular complexity index is 2550. The van der Waals surface area contributed by atoms with Gasteiger partial charge in [0.1, 0.15) is 6.54 Å². The lowest BCUT2D eigenvalue weighted by atomic mass is 10.1. The van der Waals surface area contributed by atoms with Gasteiger partial charge in [0.15, 0.2) is 29.1 Å². The van der Waals surface area contributed by atoms with Gasteiger partial charge < -0.3 is 42.6 Å². The zero-order valence-electron chi connectivity index (χ0n) is 32.6. The fourth-order valence-electron chi connectivity index (χ4n) is 4.61. The number of nitrogens with two attached hydrogens (primary N) is 3. The Morgan fingerprint density at radius 1 is 0.844 bits per heavy atom. The lowest BCUT2D eigenvalue weighted by Crippen LogP contribution is -2.35. The zero-order valence-corrected chi connectivity index (χ0v) is 32.6. The highest BCUT2D eigenvalue weighted by Gasteiger charge is 2.39. The number of alkyl halides is 9. The summed E-state index contributed by atoms with van der Waals surface area (Å²) in [6.45, 7) is 4.05. The maximum Gasteiger partial charge on any atom is 0.490 e. The van der Waals surface area contributed by atoms with E-state index in [4.69, 9.17) is 41.5 Å². The molecule has 0 unspecified atom stereocenters. The van der Waals surface area contributed by atoms with E-state index in [1.165, 1.54) is 37.4 Å². The van der Waals surface area contributed by atoms with E-state index in [9.17, 15) is 67.1 Å². The summed E-state index contributed by atoms with van der Waals surface area (Å²) in [7, 11) is 0. The number of benzene rings is 3. The van der Waals surface area contributed by atoms with Gasteiger partial charge >= 0.3 is 30.5 Å². The summed E-state index contributed by atoms with van der Waals surface area (Å²) in [6.07, 6.45) is -13.7. The maximum atomic E-state index is 14.7. The van der Waals surface area contributed by atoms with Crippen molar-refractivity contribution in [3.05, 3.63) is 98.7 Å². The van der Waals surface area contributed by atoms with Gasteiger partial charge in [-0.05, 0) is 56.7 Å². The van der Waals surface area contributed by atoms with Crippen molar-refractivity contribution in [3.8, 4) is 11.3 Å². The molecule has 0 saturated carbocycles. The van der Waals surface area contributed by atoms with Gasteiger partial charge in [-0.3, -0.25) is 19.0 Å². The summed E-state index contributed by atoms with van der Waals surface area (Å²) in [5.74, 6) is -10.3. The van der Waals surface area contributed by atoms with Crippen molar-refractivity contribution in [1.29, 1.82) is 0 Å². The summed E-state index contributed by atoms with van der Waals surface area (Å²) < 4.78 is 150. The molecule has 64 heavy (non-hydrogen) atoms. The third-order valence-corrected chi connectivity index (χ3v) is 7.55. The number of primary amides is 1. The molecule has 10 N–H and O–H groups in total. The van der Waals surface area contributed by atoms with Crippen LogP contribution in [0.2, 0.25) is 0 Å². The first-order valence-corrected chi connectivity index (χ1v) is 17.1. The number of nitrogens with zero attached hydrogens (tertiary/aromatic N) is 3. The fourth-order valence-corrected chi connectivity index (χ4v) is 4.61. The number of hydrogen-bond donors (Lipinski definition) is 7. The molecular weight excluding hydrogens is 900 g/mol. The van der Waals surface area contributed by atoms with Crippen LogP contribution in [0, 0.1) is 24.4 Å². The lowest BCUT2D eigenvalue weighted by Gasteiger charge is -2.17. The second-order valence-electron chi connectivity index (χ2n) is 12.8. The first-order chi connectivity index (χ1) is 29.3. The van der Waals surface area contributed by atoms with Crippen LogP contribution in [0.15, 0.2) is 58.0 Å². The Hall–Kier alpha value is -7.55. The van der Waals surface area contributed by atoms with E-state index >= 15 is 0 Å². The van der Waals surface area contributed by atoms with E-state index in [2.05, 4.69) is 20.8 Å². The van der Waals surface area contributed by atoms with E-state index in [1.807, 2.05) is 0 Å². The van der Waals surface area contributed by atoms with Crippen molar-refractivity contribution in [2.24, 2.45) is 5.73 Å². The number of aliphatic carboxylic acids is 2. The van der Waals surface area contributed by atoms with E-state index < -0.39 is 83.0 Å². The highest BCUT2D eigenvalue weighted by molar-refractivity contribution is 5.93. The number of aromatic nitrogens is 3. The molecule has 3 aromatic carbocycles. The molecule has 2 aromatic heterocycles. The number of aryl methyl sites for hydroxylation is 1. The molecule has 0 radical (unpaired) electrons. The van der Waals surface area contributed by atoms with Crippen LogP contribution in [-0.4, -0.2) is 67.1 Å². The standard InChI is InChI=1S/C24H23F4N7O3.C8H7F2NO.2C2HF3O2/c1-11(2)33-22-23(37)35(17(9-32-22)13-5-14(24(26,27)28)7-15(29)6-13)10-18(36)31-8-12-3-4-16-20(19(12)25)38-34-21(16)30;1-4-2-3-5(8(11)12)7(10)6(4)9;2*3-2(4,5)1(6)7/h3-7,9,11H,8,10,29H2,1-2H3,(H2,30,34)(H,31,36)(H,32,33);2-3H,1H3,(H2,11,12);2*(H,6,7).